The van der Waals surface area contributed by atoms with E-state index in [1.165, 1.54) is 54.2 Å². The zero-order valence-electron chi connectivity index (χ0n) is 14.7. The molecule has 26 heavy (non-hydrogen) atoms. The maximum Gasteiger partial charge on any atom is 0.287 e. The predicted molar refractivity (Wildman–Crippen MR) is 109 cm³/mol. The first-order valence-corrected chi connectivity index (χ1v) is 8.97. The molecule has 0 aliphatic heterocycles. The largest absolute Gasteiger partial charge is 0.287 e. The second kappa shape index (κ2) is 4.67. The Balaban J connectivity index is 2.12. The molecule has 1 aromatic heterocycles. The van der Waals surface area contributed by atoms with Crippen LogP contribution in [0, 0.1) is 6.92 Å². The first-order valence-electron chi connectivity index (χ1n) is 8.97. The highest BCUT2D eigenvalue weighted by molar-refractivity contribution is 6.34. The highest BCUT2D eigenvalue weighted by atomic mass is 15.0. The van der Waals surface area contributed by atoms with Gasteiger partial charge in [0.2, 0.25) is 0 Å². The van der Waals surface area contributed by atoms with Crippen molar-refractivity contribution in [1.82, 2.24) is 4.98 Å². The molecule has 0 saturated heterocycles. The number of aromatic nitrogens is 2. The number of nitrogens with zero attached hydrogens (tertiary/aromatic N) is 2. The Labute approximate surface area is 150 Å². The maximum absolute atomic E-state index is 4.84. The normalized spacial score (nSPS) is 12.2. The summed E-state index contributed by atoms with van der Waals surface area (Å²) < 4.78 is 2.18. The summed E-state index contributed by atoms with van der Waals surface area (Å²) in [6.45, 7) is 2.21. The lowest BCUT2D eigenvalue weighted by Crippen LogP contribution is -2.29. The van der Waals surface area contributed by atoms with E-state index in [9.17, 15) is 0 Å². The number of fused-ring (bicyclic) bond motifs is 4. The molecule has 0 fully saturated rings. The van der Waals surface area contributed by atoms with E-state index in [4.69, 9.17) is 4.98 Å². The molecule has 1 heterocycles. The fraction of sp³-hybridized carbons (Fsp3) is 0.0833. The van der Waals surface area contributed by atoms with Crippen molar-refractivity contribution in [2.45, 2.75) is 6.92 Å². The molecule has 0 atom stereocenters. The van der Waals surface area contributed by atoms with Crippen LogP contribution in [-0.4, -0.2) is 4.98 Å². The molecule has 5 aromatic carbocycles. The van der Waals surface area contributed by atoms with Gasteiger partial charge in [0.05, 0.1) is 12.4 Å². The molecule has 0 aliphatic carbocycles. The van der Waals surface area contributed by atoms with Gasteiger partial charge in [-0.2, -0.15) is 0 Å². The number of rotatable bonds is 0. The molecule has 0 saturated carbocycles. The molecule has 0 aliphatic rings. The average molecular weight is 333 g/mol. The van der Waals surface area contributed by atoms with Gasteiger partial charge in [0.1, 0.15) is 5.52 Å². The van der Waals surface area contributed by atoms with E-state index in [-0.39, 0.29) is 0 Å². The van der Waals surface area contributed by atoms with E-state index >= 15 is 0 Å². The number of benzene rings is 5. The van der Waals surface area contributed by atoms with E-state index in [0.29, 0.717) is 0 Å². The van der Waals surface area contributed by atoms with E-state index in [1.807, 2.05) is 6.33 Å². The molecule has 0 amide bonds. The van der Waals surface area contributed by atoms with Crippen LogP contribution < -0.4 is 4.57 Å². The fourth-order valence-corrected chi connectivity index (χ4v) is 4.61. The van der Waals surface area contributed by atoms with E-state index < -0.39 is 0 Å². The summed E-state index contributed by atoms with van der Waals surface area (Å²) in [4.78, 5) is 4.84. The molecular formula is C24H17N2+. The lowest BCUT2D eigenvalue weighted by molar-refractivity contribution is -0.646. The van der Waals surface area contributed by atoms with Crippen LogP contribution in [0.2, 0.25) is 0 Å². The Kier molecular flexibility index (Phi) is 2.51. The van der Waals surface area contributed by atoms with Gasteiger partial charge in [0, 0.05) is 16.2 Å². The van der Waals surface area contributed by atoms with Gasteiger partial charge in [0.25, 0.3) is 6.33 Å². The number of hydrogen-bond acceptors (Lipinski definition) is 1. The lowest BCUT2D eigenvalue weighted by Gasteiger charge is -2.15. The minimum absolute atomic E-state index is 1.09. The van der Waals surface area contributed by atoms with Gasteiger partial charge in [-0.1, -0.05) is 48.5 Å². The van der Waals surface area contributed by atoms with Gasteiger partial charge >= 0.3 is 0 Å². The standard InChI is InChI=1S/C24H17N2/c1-14-10-11-15-7-5-9-18-19-12-16-6-3-4-8-17(16)23-22(19)24(20(14)21(15)18)26(2)13-25-23/h3-13H,1-2H3/q+1. The van der Waals surface area contributed by atoms with Crippen molar-refractivity contribution in [2.24, 2.45) is 7.05 Å². The third kappa shape index (κ3) is 1.57. The minimum atomic E-state index is 1.09. The summed E-state index contributed by atoms with van der Waals surface area (Å²) in [7, 11) is 2.10. The highest BCUT2D eigenvalue weighted by Crippen LogP contribution is 2.41. The van der Waals surface area contributed by atoms with Crippen molar-refractivity contribution >= 4 is 54.1 Å². The molecule has 0 radical (unpaired) electrons. The van der Waals surface area contributed by atoms with Crippen LogP contribution in [0.3, 0.4) is 0 Å². The zero-order valence-corrected chi connectivity index (χ0v) is 14.7. The molecule has 0 N–H and O–H groups in total. The molecular weight excluding hydrogens is 316 g/mol. The van der Waals surface area contributed by atoms with Crippen molar-refractivity contribution in [3.8, 4) is 0 Å². The van der Waals surface area contributed by atoms with E-state index in [2.05, 4.69) is 79.2 Å². The van der Waals surface area contributed by atoms with Gasteiger partial charge in [-0.05, 0) is 51.1 Å². The van der Waals surface area contributed by atoms with E-state index in [1.54, 1.807) is 0 Å². The smallest absolute Gasteiger partial charge is 0.232 e. The summed E-state index contributed by atoms with van der Waals surface area (Å²) in [5, 5.41) is 10.3. The van der Waals surface area contributed by atoms with Gasteiger partial charge in [-0.25, -0.2) is 4.57 Å². The molecule has 2 heteroatoms. The molecule has 6 rings (SSSR count). The molecule has 0 unspecified atom stereocenters. The van der Waals surface area contributed by atoms with Gasteiger partial charge < -0.3 is 0 Å². The molecule has 122 valence electrons. The summed E-state index contributed by atoms with van der Waals surface area (Å²) in [6, 6.07) is 22.0. The average Bonchev–Trinajstić information content (AvgIpc) is 2.67. The third-order valence-electron chi connectivity index (χ3n) is 5.75. The van der Waals surface area contributed by atoms with Crippen LogP contribution >= 0.6 is 0 Å². The quantitative estimate of drug-likeness (QED) is 0.206. The van der Waals surface area contributed by atoms with Crippen LogP contribution in [0.5, 0.6) is 0 Å². The molecule has 2 nitrogen and oxygen atoms in total. The number of hydrogen-bond donors (Lipinski definition) is 0. The Bertz CT molecular complexity index is 1500. The van der Waals surface area contributed by atoms with Crippen LogP contribution in [0.1, 0.15) is 5.56 Å². The molecule has 0 bridgehead atoms. The Hall–Kier alpha value is -3.26. The summed E-state index contributed by atoms with van der Waals surface area (Å²) in [5.41, 5.74) is 3.68. The first-order chi connectivity index (χ1) is 12.7. The minimum Gasteiger partial charge on any atom is -0.232 e. The Morgan fingerprint density at radius 1 is 0.731 bits per heavy atom. The van der Waals surface area contributed by atoms with Crippen molar-refractivity contribution < 1.29 is 4.57 Å². The summed E-state index contributed by atoms with van der Waals surface area (Å²) >= 11 is 0. The highest BCUT2D eigenvalue weighted by Gasteiger charge is 2.22. The summed E-state index contributed by atoms with van der Waals surface area (Å²) in [5.74, 6) is 0. The SMILES string of the molecule is Cc1ccc2cccc3c4cc5ccccc5c5nc[n+](C)c(c1c23)c45. The fourth-order valence-electron chi connectivity index (χ4n) is 4.61. The van der Waals surface area contributed by atoms with Crippen LogP contribution in [0.25, 0.3) is 54.1 Å². The maximum atomic E-state index is 4.84. The van der Waals surface area contributed by atoms with Gasteiger partial charge in [-0.15, -0.1) is 0 Å². The monoisotopic (exact) mass is 333 g/mol. The van der Waals surface area contributed by atoms with Gasteiger partial charge in [-0.3, -0.25) is 0 Å². The second-order valence-corrected chi connectivity index (χ2v) is 7.23. The van der Waals surface area contributed by atoms with E-state index in [0.717, 1.165) is 5.52 Å². The first kappa shape index (κ1) is 14.0. The lowest BCUT2D eigenvalue weighted by atomic mass is 9.89. The predicted octanol–water partition coefficient (Wildman–Crippen LogP) is 5.42. The van der Waals surface area contributed by atoms with Gasteiger partial charge in [0.15, 0.2) is 5.52 Å². The van der Waals surface area contributed by atoms with Crippen LogP contribution in [0.4, 0.5) is 0 Å². The summed E-state index contributed by atoms with van der Waals surface area (Å²) in [6.07, 6.45) is 1.96. The van der Waals surface area contributed by atoms with Crippen LogP contribution in [0.15, 0.2) is 67.0 Å². The Morgan fingerprint density at radius 2 is 1.54 bits per heavy atom. The molecule has 0 spiro atoms. The second-order valence-electron chi connectivity index (χ2n) is 7.23. The number of aryl methyl sites for hydroxylation is 2. The zero-order chi connectivity index (χ0) is 17.4. The van der Waals surface area contributed by atoms with Crippen LogP contribution in [-0.2, 0) is 7.05 Å². The Morgan fingerprint density at radius 3 is 2.46 bits per heavy atom. The van der Waals surface area contributed by atoms with Crippen molar-refractivity contribution in [3.05, 3.63) is 72.6 Å². The van der Waals surface area contributed by atoms with Crippen molar-refractivity contribution in [2.75, 3.05) is 0 Å². The topological polar surface area (TPSA) is 16.8 Å². The molecule has 6 aromatic rings. The third-order valence-corrected chi connectivity index (χ3v) is 5.75. The van der Waals surface area contributed by atoms with Crippen molar-refractivity contribution in [1.29, 1.82) is 0 Å². The van der Waals surface area contributed by atoms with Crippen molar-refractivity contribution in [3.63, 3.8) is 0 Å².